The van der Waals surface area contributed by atoms with Crippen LogP contribution in [0, 0.1) is 17.0 Å². The quantitative estimate of drug-likeness (QED) is 0.167. The number of aromatic nitrogens is 1. The second kappa shape index (κ2) is 11.1. The van der Waals surface area contributed by atoms with Gasteiger partial charge in [0.2, 0.25) is 0 Å². The van der Waals surface area contributed by atoms with E-state index in [9.17, 15) is 19.7 Å². The maximum absolute atomic E-state index is 13.8. The first-order chi connectivity index (χ1) is 19.6. The van der Waals surface area contributed by atoms with E-state index in [1.807, 2.05) is 24.3 Å². The molecule has 0 radical (unpaired) electrons. The molecule has 0 bridgehead atoms. The molecule has 0 unspecified atom stereocenters. The Morgan fingerprint density at radius 3 is 2.56 bits per heavy atom. The molecule has 3 heterocycles. The van der Waals surface area contributed by atoms with Crippen molar-refractivity contribution in [2.75, 3.05) is 6.61 Å². The lowest BCUT2D eigenvalue weighted by molar-refractivity contribution is -0.385. The van der Waals surface area contributed by atoms with Gasteiger partial charge in [-0.25, -0.2) is 9.79 Å². The zero-order chi connectivity index (χ0) is 29.4. The molecule has 210 valence electrons. The first-order valence-electron chi connectivity index (χ1n) is 13.2. The van der Waals surface area contributed by atoms with Crippen LogP contribution >= 0.6 is 11.3 Å². The fourth-order valence-corrected chi connectivity index (χ4v) is 5.87. The highest BCUT2D eigenvalue weighted by molar-refractivity contribution is 7.07. The number of rotatable bonds is 7. The Hall–Kier alpha value is -4.57. The fraction of sp³-hybridized carbons (Fsp3) is 0.258. The number of allylic oxidation sites excluding steroid dienone is 1. The molecule has 0 spiro atoms. The van der Waals surface area contributed by atoms with Gasteiger partial charge in [0.1, 0.15) is 11.5 Å². The van der Waals surface area contributed by atoms with Crippen molar-refractivity contribution in [3.63, 3.8) is 0 Å². The van der Waals surface area contributed by atoms with Crippen LogP contribution in [0.1, 0.15) is 62.1 Å². The third-order valence-electron chi connectivity index (χ3n) is 7.03. The van der Waals surface area contributed by atoms with Crippen LogP contribution in [0.4, 0.5) is 5.69 Å². The number of furan rings is 1. The summed E-state index contributed by atoms with van der Waals surface area (Å²) in [5.41, 5.74) is 3.54. The first kappa shape index (κ1) is 28.0. The van der Waals surface area contributed by atoms with Crippen molar-refractivity contribution in [1.82, 2.24) is 4.57 Å². The van der Waals surface area contributed by atoms with E-state index in [4.69, 9.17) is 9.15 Å². The van der Waals surface area contributed by atoms with E-state index in [0.29, 0.717) is 49.2 Å². The Kier molecular flexibility index (Phi) is 7.59. The highest BCUT2D eigenvalue weighted by Gasteiger charge is 2.33. The zero-order valence-electron chi connectivity index (χ0n) is 23.3. The molecular weight excluding hydrogens is 542 g/mol. The van der Waals surface area contributed by atoms with Crippen LogP contribution in [0.2, 0.25) is 0 Å². The Morgan fingerprint density at radius 2 is 1.90 bits per heavy atom. The van der Waals surface area contributed by atoms with Crippen molar-refractivity contribution in [3.05, 3.63) is 118 Å². The predicted octanol–water partition coefficient (Wildman–Crippen LogP) is 5.40. The largest absolute Gasteiger partial charge is 0.463 e. The third kappa shape index (κ3) is 5.30. The number of hydrogen-bond acceptors (Lipinski definition) is 8. The SMILES string of the molecule is CCOC(=O)C1=C(C)N=c2s/c(=C\c3ccc(-c4ccc(C)c([N+](=O)[O-])c4)o3)c(=O)n2[C@H]1c1ccc(C(C)C)cc1. The third-order valence-corrected chi connectivity index (χ3v) is 8.01. The van der Waals surface area contributed by atoms with Gasteiger partial charge in [0.15, 0.2) is 4.80 Å². The summed E-state index contributed by atoms with van der Waals surface area (Å²) in [5, 5.41) is 11.4. The van der Waals surface area contributed by atoms with Crippen LogP contribution in [0.15, 0.2) is 80.1 Å². The van der Waals surface area contributed by atoms with Crippen molar-refractivity contribution < 1.29 is 18.9 Å². The van der Waals surface area contributed by atoms with Crippen LogP contribution in [0.25, 0.3) is 17.4 Å². The molecule has 4 aromatic rings. The molecule has 1 aliphatic rings. The summed E-state index contributed by atoms with van der Waals surface area (Å²) in [6.07, 6.45) is 1.62. The molecule has 9 nitrogen and oxygen atoms in total. The number of carbonyl (C=O) groups is 1. The Labute approximate surface area is 239 Å². The standard InChI is InChI=1S/C31H29N3O6S/c1-6-39-30(36)27-19(5)32-31-33(28(27)21-11-9-20(10-12-21)17(2)3)29(35)26(41-31)16-23-13-14-25(40-23)22-8-7-18(4)24(15-22)34(37)38/h7-17,28H,6H2,1-5H3/b26-16-/t28-/m0/s1. The van der Waals surface area contributed by atoms with Crippen molar-refractivity contribution in [2.24, 2.45) is 4.99 Å². The monoisotopic (exact) mass is 571 g/mol. The van der Waals surface area contributed by atoms with Gasteiger partial charge in [-0.3, -0.25) is 19.5 Å². The second-order valence-corrected chi connectivity index (χ2v) is 11.1. The number of benzene rings is 2. The highest BCUT2D eigenvalue weighted by atomic mass is 32.1. The number of nitrogens with zero attached hydrogens (tertiary/aromatic N) is 3. The topological polar surface area (TPSA) is 117 Å². The molecule has 41 heavy (non-hydrogen) atoms. The van der Waals surface area contributed by atoms with E-state index in [0.717, 1.165) is 11.1 Å². The zero-order valence-corrected chi connectivity index (χ0v) is 24.2. The van der Waals surface area contributed by atoms with E-state index in [-0.39, 0.29) is 17.9 Å². The van der Waals surface area contributed by atoms with Gasteiger partial charge < -0.3 is 9.15 Å². The molecule has 2 aromatic carbocycles. The Bertz CT molecular complexity index is 1880. The van der Waals surface area contributed by atoms with Gasteiger partial charge in [-0.05, 0) is 49.9 Å². The summed E-state index contributed by atoms with van der Waals surface area (Å²) in [5.74, 6) is 0.671. The molecule has 2 aromatic heterocycles. The lowest BCUT2D eigenvalue weighted by atomic mass is 9.93. The molecule has 0 saturated heterocycles. The van der Waals surface area contributed by atoms with Crippen LogP contribution in [-0.2, 0) is 9.53 Å². The van der Waals surface area contributed by atoms with Gasteiger partial charge in [-0.2, -0.15) is 0 Å². The predicted molar refractivity (Wildman–Crippen MR) is 156 cm³/mol. The number of fused-ring (bicyclic) bond motifs is 1. The van der Waals surface area contributed by atoms with Gasteiger partial charge in [0.05, 0.1) is 33.4 Å². The summed E-state index contributed by atoms with van der Waals surface area (Å²) in [6.45, 7) is 9.57. The molecule has 1 aliphatic heterocycles. The molecule has 0 fully saturated rings. The number of esters is 1. The summed E-state index contributed by atoms with van der Waals surface area (Å²) in [4.78, 5) is 42.9. The highest BCUT2D eigenvalue weighted by Crippen LogP contribution is 2.32. The molecule has 0 amide bonds. The van der Waals surface area contributed by atoms with Crippen LogP contribution < -0.4 is 14.9 Å². The number of aryl methyl sites for hydroxylation is 1. The number of nitro benzene ring substituents is 1. The number of thiazole rings is 1. The van der Waals surface area contributed by atoms with E-state index in [2.05, 4.69) is 18.8 Å². The summed E-state index contributed by atoms with van der Waals surface area (Å²) in [7, 11) is 0. The van der Waals surface area contributed by atoms with E-state index in [1.54, 1.807) is 51.1 Å². The lowest BCUT2D eigenvalue weighted by Gasteiger charge is -2.25. The first-order valence-corrected chi connectivity index (χ1v) is 14.1. The Morgan fingerprint density at radius 1 is 1.17 bits per heavy atom. The lowest BCUT2D eigenvalue weighted by Crippen LogP contribution is -2.39. The minimum atomic E-state index is -0.700. The van der Waals surface area contributed by atoms with Crippen molar-refractivity contribution in [3.8, 4) is 11.3 Å². The fourth-order valence-electron chi connectivity index (χ4n) is 4.84. The van der Waals surface area contributed by atoms with Gasteiger partial charge >= 0.3 is 5.97 Å². The maximum atomic E-state index is 13.8. The van der Waals surface area contributed by atoms with Crippen LogP contribution in [0.3, 0.4) is 0 Å². The van der Waals surface area contributed by atoms with E-state index < -0.39 is 16.9 Å². The number of hydrogen-bond donors (Lipinski definition) is 0. The van der Waals surface area contributed by atoms with Crippen molar-refractivity contribution >= 4 is 29.1 Å². The minimum Gasteiger partial charge on any atom is -0.463 e. The summed E-state index contributed by atoms with van der Waals surface area (Å²) < 4.78 is 13.2. The van der Waals surface area contributed by atoms with Crippen LogP contribution in [-0.4, -0.2) is 22.1 Å². The molecule has 5 rings (SSSR count). The van der Waals surface area contributed by atoms with Gasteiger partial charge in [0, 0.05) is 23.3 Å². The number of carbonyl (C=O) groups excluding carboxylic acids is 1. The molecular formula is C31H29N3O6S. The minimum absolute atomic E-state index is 0.00274. The normalized spacial score (nSPS) is 15.2. The second-order valence-electron chi connectivity index (χ2n) is 10.1. The smallest absolute Gasteiger partial charge is 0.338 e. The summed E-state index contributed by atoms with van der Waals surface area (Å²) in [6, 6.07) is 15.5. The average molecular weight is 572 g/mol. The van der Waals surface area contributed by atoms with Crippen molar-refractivity contribution in [2.45, 2.75) is 46.6 Å². The number of nitro groups is 1. The maximum Gasteiger partial charge on any atom is 0.338 e. The van der Waals surface area contributed by atoms with Gasteiger partial charge in [-0.1, -0.05) is 61.6 Å². The van der Waals surface area contributed by atoms with Crippen molar-refractivity contribution in [1.29, 1.82) is 0 Å². The molecule has 0 saturated carbocycles. The molecule has 10 heteroatoms. The molecule has 1 atom stereocenters. The van der Waals surface area contributed by atoms with Gasteiger partial charge in [-0.15, -0.1) is 0 Å². The van der Waals surface area contributed by atoms with Gasteiger partial charge in [0.25, 0.3) is 11.2 Å². The Balaban J connectivity index is 1.61. The average Bonchev–Trinajstić information content (AvgIpc) is 3.52. The number of ether oxygens (including phenoxy) is 1. The van der Waals surface area contributed by atoms with E-state index >= 15 is 0 Å². The van der Waals surface area contributed by atoms with Crippen LogP contribution in [0.5, 0.6) is 0 Å². The van der Waals surface area contributed by atoms with E-state index in [1.165, 1.54) is 22.0 Å². The molecule has 0 N–H and O–H groups in total. The summed E-state index contributed by atoms with van der Waals surface area (Å²) >= 11 is 1.20. The molecule has 0 aliphatic carbocycles.